The van der Waals surface area contributed by atoms with Gasteiger partial charge in [-0.3, -0.25) is 4.79 Å². The van der Waals surface area contributed by atoms with E-state index in [1.807, 2.05) is 6.92 Å². The second-order valence-corrected chi connectivity index (χ2v) is 4.55. The van der Waals surface area contributed by atoms with Crippen molar-refractivity contribution < 1.29 is 19.7 Å². The molecule has 0 spiro atoms. The zero-order valence-corrected chi connectivity index (χ0v) is 11.5. The number of halogens is 1. The number of rotatable bonds is 5. The maximum Gasteiger partial charge on any atom is 0.303 e. The number of ether oxygens (including phenoxy) is 1. The summed E-state index contributed by atoms with van der Waals surface area (Å²) in [7, 11) is 1.47. The highest BCUT2D eigenvalue weighted by Crippen LogP contribution is 2.41. The van der Waals surface area contributed by atoms with Crippen LogP contribution in [0.3, 0.4) is 0 Å². The van der Waals surface area contributed by atoms with Gasteiger partial charge in [0, 0.05) is 17.5 Å². The average Bonchev–Trinajstić information content (AvgIpc) is 2.31. The molecule has 0 heterocycles. The molecule has 5 heteroatoms. The van der Waals surface area contributed by atoms with Gasteiger partial charge in [0.1, 0.15) is 0 Å². The van der Waals surface area contributed by atoms with Gasteiger partial charge in [0.15, 0.2) is 11.5 Å². The minimum absolute atomic E-state index is 0.0577. The van der Waals surface area contributed by atoms with E-state index in [-0.39, 0.29) is 12.2 Å². The summed E-state index contributed by atoms with van der Waals surface area (Å²) in [5, 5.41) is 19.3. The Kier molecular flexibility index (Phi) is 4.84. The molecular formula is C13H17ClO4. The first kappa shape index (κ1) is 14.6. The zero-order chi connectivity index (χ0) is 13.9. The minimum atomic E-state index is -0.850. The van der Waals surface area contributed by atoms with Crippen LogP contribution in [0.5, 0.6) is 11.5 Å². The van der Waals surface area contributed by atoms with Crippen LogP contribution in [0.2, 0.25) is 5.02 Å². The van der Waals surface area contributed by atoms with E-state index >= 15 is 0 Å². The van der Waals surface area contributed by atoms with Crippen LogP contribution in [-0.2, 0) is 11.2 Å². The second kappa shape index (κ2) is 5.96. The Balaban J connectivity index is 3.10. The van der Waals surface area contributed by atoms with Crippen LogP contribution in [-0.4, -0.2) is 23.3 Å². The normalized spacial score (nSPS) is 10.4. The number of phenolic OH excluding ortho intramolecular Hbond substituents is 1. The van der Waals surface area contributed by atoms with Crippen LogP contribution in [0, 0.1) is 13.8 Å². The van der Waals surface area contributed by atoms with Gasteiger partial charge in [-0.1, -0.05) is 11.6 Å². The third kappa shape index (κ3) is 2.88. The van der Waals surface area contributed by atoms with Crippen molar-refractivity contribution in [3.63, 3.8) is 0 Å². The number of phenols is 1. The van der Waals surface area contributed by atoms with Gasteiger partial charge in [0.25, 0.3) is 0 Å². The number of methoxy groups -OCH3 is 1. The molecule has 1 aromatic rings. The van der Waals surface area contributed by atoms with Gasteiger partial charge in [-0.15, -0.1) is 0 Å². The first-order valence-electron chi connectivity index (χ1n) is 5.66. The third-order valence-electron chi connectivity index (χ3n) is 2.97. The van der Waals surface area contributed by atoms with E-state index in [0.29, 0.717) is 34.7 Å². The molecule has 0 aliphatic heterocycles. The Labute approximate surface area is 111 Å². The van der Waals surface area contributed by atoms with Crippen LogP contribution >= 0.6 is 11.6 Å². The summed E-state index contributed by atoms with van der Waals surface area (Å²) in [6.45, 7) is 3.58. The second-order valence-electron chi connectivity index (χ2n) is 4.17. The van der Waals surface area contributed by atoms with Crippen LogP contribution in [0.1, 0.15) is 29.5 Å². The van der Waals surface area contributed by atoms with Crippen LogP contribution < -0.4 is 4.74 Å². The van der Waals surface area contributed by atoms with E-state index in [4.69, 9.17) is 21.4 Å². The van der Waals surface area contributed by atoms with Crippen LogP contribution in [0.15, 0.2) is 0 Å². The maximum atomic E-state index is 10.5. The summed E-state index contributed by atoms with van der Waals surface area (Å²) in [5.41, 5.74) is 2.12. The van der Waals surface area contributed by atoms with E-state index in [2.05, 4.69) is 0 Å². The van der Waals surface area contributed by atoms with E-state index in [1.165, 1.54) is 7.11 Å². The minimum Gasteiger partial charge on any atom is -0.504 e. The van der Waals surface area contributed by atoms with Crippen molar-refractivity contribution in [1.82, 2.24) is 0 Å². The topological polar surface area (TPSA) is 66.8 Å². The molecule has 0 saturated heterocycles. The highest BCUT2D eigenvalue weighted by Gasteiger charge is 2.18. The summed E-state index contributed by atoms with van der Waals surface area (Å²) in [4.78, 5) is 10.5. The molecule has 0 unspecified atom stereocenters. The highest BCUT2D eigenvalue weighted by atomic mass is 35.5. The van der Waals surface area contributed by atoms with Crippen molar-refractivity contribution in [2.75, 3.05) is 7.11 Å². The molecule has 0 atom stereocenters. The Bertz CT molecular complexity index is 469. The molecule has 0 radical (unpaired) electrons. The number of carbonyl (C=O) groups is 1. The van der Waals surface area contributed by atoms with Gasteiger partial charge in [-0.05, 0) is 32.3 Å². The van der Waals surface area contributed by atoms with Gasteiger partial charge in [-0.2, -0.15) is 0 Å². The molecule has 1 aromatic carbocycles. The van der Waals surface area contributed by atoms with Gasteiger partial charge in [0.2, 0.25) is 0 Å². The van der Waals surface area contributed by atoms with Gasteiger partial charge >= 0.3 is 5.97 Å². The molecule has 0 aliphatic carbocycles. The molecule has 0 aliphatic rings. The van der Waals surface area contributed by atoms with Crippen molar-refractivity contribution in [3.05, 3.63) is 21.7 Å². The Morgan fingerprint density at radius 3 is 2.44 bits per heavy atom. The fraction of sp³-hybridized carbons (Fsp3) is 0.462. The average molecular weight is 273 g/mol. The van der Waals surface area contributed by atoms with Crippen molar-refractivity contribution in [1.29, 1.82) is 0 Å². The van der Waals surface area contributed by atoms with E-state index in [9.17, 15) is 9.90 Å². The van der Waals surface area contributed by atoms with E-state index < -0.39 is 5.97 Å². The number of aliphatic carboxylic acids is 1. The molecular weight excluding hydrogens is 256 g/mol. The standard InChI is InChI=1S/C13H17ClO4/c1-7-9(5-4-6-10(15)16)12(17)13(18-3)8(2)11(7)14/h17H,4-6H2,1-3H3,(H,15,16). The lowest BCUT2D eigenvalue weighted by atomic mass is 9.98. The molecule has 100 valence electrons. The molecule has 0 bridgehead atoms. The summed E-state index contributed by atoms with van der Waals surface area (Å²) in [6.07, 6.45) is 0.972. The van der Waals surface area contributed by atoms with Crippen molar-refractivity contribution in [3.8, 4) is 11.5 Å². The van der Waals surface area contributed by atoms with Crippen LogP contribution in [0.25, 0.3) is 0 Å². The van der Waals surface area contributed by atoms with Gasteiger partial charge in [-0.25, -0.2) is 0 Å². The summed E-state index contributed by atoms with van der Waals surface area (Å²) < 4.78 is 5.13. The van der Waals surface area contributed by atoms with E-state index in [0.717, 1.165) is 5.56 Å². The Morgan fingerprint density at radius 1 is 1.33 bits per heavy atom. The molecule has 1 rings (SSSR count). The molecule has 18 heavy (non-hydrogen) atoms. The largest absolute Gasteiger partial charge is 0.504 e. The number of aromatic hydroxyl groups is 1. The Hall–Kier alpha value is -1.42. The smallest absolute Gasteiger partial charge is 0.303 e. The SMILES string of the molecule is COc1c(C)c(Cl)c(C)c(CCCC(=O)O)c1O. The number of hydrogen-bond acceptors (Lipinski definition) is 3. The van der Waals surface area contributed by atoms with Crippen LogP contribution in [0.4, 0.5) is 0 Å². The lowest BCUT2D eigenvalue weighted by Gasteiger charge is -2.16. The van der Waals surface area contributed by atoms with Crippen molar-refractivity contribution in [2.45, 2.75) is 33.1 Å². The lowest BCUT2D eigenvalue weighted by Crippen LogP contribution is -2.01. The summed E-state index contributed by atoms with van der Waals surface area (Å²) in [6, 6.07) is 0. The predicted molar refractivity (Wildman–Crippen MR) is 69.7 cm³/mol. The summed E-state index contributed by atoms with van der Waals surface area (Å²) in [5.74, 6) is -0.435. The first-order valence-corrected chi connectivity index (χ1v) is 6.04. The third-order valence-corrected chi connectivity index (χ3v) is 3.54. The number of carboxylic acids is 1. The van der Waals surface area contributed by atoms with Crippen molar-refractivity contribution in [2.24, 2.45) is 0 Å². The molecule has 0 saturated carbocycles. The molecule has 0 amide bonds. The summed E-state index contributed by atoms with van der Waals surface area (Å²) >= 11 is 6.17. The Morgan fingerprint density at radius 2 is 1.94 bits per heavy atom. The molecule has 0 aromatic heterocycles. The monoisotopic (exact) mass is 272 g/mol. The van der Waals surface area contributed by atoms with Crippen molar-refractivity contribution >= 4 is 17.6 Å². The first-order chi connectivity index (χ1) is 8.40. The lowest BCUT2D eigenvalue weighted by molar-refractivity contribution is -0.137. The molecule has 2 N–H and O–H groups in total. The van der Waals surface area contributed by atoms with Gasteiger partial charge < -0.3 is 14.9 Å². The van der Waals surface area contributed by atoms with E-state index in [1.54, 1.807) is 6.92 Å². The fourth-order valence-corrected chi connectivity index (χ4v) is 2.18. The molecule has 4 nitrogen and oxygen atoms in total. The zero-order valence-electron chi connectivity index (χ0n) is 10.7. The number of benzene rings is 1. The maximum absolute atomic E-state index is 10.5. The van der Waals surface area contributed by atoms with Gasteiger partial charge in [0.05, 0.1) is 12.1 Å². The highest BCUT2D eigenvalue weighted by molar-refractivity contribution is 6.32. The quantitative estimate of drug-likeness (QED) is 0.864. The predicted octanol–water partition coefficient (Wildman–Crippen LogP) is 3.08. The molecule has 0 fully saturated rings. The number of carboxylic acid groups (broad SMARTS) is 1. The fourth-order valence-electron chi connectivity index (χ4n) is 1.98. The number of hydrogen-bond donors (Lipinski definition) is 2.